The Hall–Kier alpha value is -3.60. The van der Waals surface area contributed by atoms with E-state index in [1.54, 1.807) is 26.0 Å². The number of hydrogen-bond acceptors (Lipinski definition) is 11. The number of aryl methyl sites for hydroxylation is 3. The summed E-state index contributed by atoms with van der Waals surface area (Å²) in [6, 6.07) is 17.4. The molecule has 0 aliphatic carbocycles. The van der Waals surface area contributed by atoms with E-state index in [1.807, 2.05) is 38.1 Å². The van der Waals surface area contributed by atoms with Crippen molar-refractivity contribution in [1.29, 1.82) is 0 Å². The molecular formula is C32H26N6Na2O7S. The van der Waals surface area contributed by atoms with Crippen molar-refractivity contribution in [2.45, 2.75) is 38.6 Å². The molecule has 0 saturated heterocycles. The molecule has 0 spiro atoms. The van der Waals surface area contributed by atoms with Gasteiger partial charge in [-0.25, -0.2) is 0 Å². The van der Waals surface area contributed by atoms with E-state index in [0.29, 0.717) is 22.6 Å². The molecule has 1 aliphatic heterocycles. The second kappa shape index (κ2) is 15.7. The van der Waals surface area contributed by atoms with Gasteiger partial charge < -0.3 is 15.0 Å². The van der Waals surface area contributed by atoms with Gasteiger partial charge in [0.2, 0.25) is 0 Å². The molecule has 1 unspecified atom stereocenters. The molecule has 0 radical (unpaired) electrons. The Morgan fingerprint density at radius 1 is 0.792 bits per heavy atom. The third kappa shape index (κ3) is 8.51. The van der Waals surface area contributed by atoms with Crippen molar-refractivity contribution in [2.24, 2.45) is 25.6 Å². The smallest absolute Gasteiger partial charge is 0.872 e. The molecule has 4 aromatic rings. The molecule has 1 heterocycles. The zero-order valence-corrected chi connectivity index (χ0v) is 31.8. The monoisotopic (exact) mass is 684 g/mol. The third-order valence-electron chi connectivity index (χ3n) is 7.27. The van der Waals surface area contributed by atoms with Crippen LogP contribution in [0.5, 0.6) is 5.75 Å². The summed E-state index contributed by atoms with van der Waals surface area (Å²) in [7, 11) is -4.48. The molecule has 1 amide bonds. The van der Waals surface area contributed by atoms with Crippen LogP contribution in [0, 0.1) is 20.8 Å². The maximum atomic E-state index is 13.2. The van der Waals surface area contributed by atoms with Gasteiger partial charge in [-0.3, -0.25) is 9.35 Å². The van der Waals surface area contributed by atoms with Crippen LogP contribution in [-0.4, -0.2) is 36.6 Å². The predicted octanol–water partition coefficient (Wildman–Crippen LogP) is -0.739. The first-order chi connectivity index (χ1) is 21.7. The first kappa shape index (κ1) is 38.8. The molecule has 0 fully saturated rings. The Morgan fingerprint density at radius 3 is 1.88 bits per heavy atom. The van der Waals surface area contributed by atoms with Gasteiger partial charge in [0, 0.05) is 0 Å². The van der Waals surface area contributed by atoms with E-state index in [4.69, 9.17) is 0 Å². The molecule has 0 saturated carbocycles. The third-order valence-corrected chi connectivity index (χ3v) is 8.12. The molecule has 0 aromatic heterocycles. The molecule has 13 nitrogen and oxygen atoms in total. The molecule has 234 valence electrons. The Bertz CT molecular complexity index is 2120. The van der Waals surface area contributed by atoms with Gasteiger partial charge >= 0.3 is 59.1 Å². The summed E-state index contributed by atoms with van der Waals surface area (Å²) in [6.07, 6.45) is 0. The number of carboxylic acids is 1. The van der Waals surface area contributed by atoms with Crippen LogP contribution in [0.4, 0.5) is 22.7 Å². The molecule has 4 aromatic carbocycles. The fraction of sp³-hybridized carbons (Fsp3) is 0.156. The standard InChI is InChI=1S/C32H28N6O7S.2Na/c1-17-5-9-24(46(43,44)45)16-28(17)38-31(40)30(20(4)37-38)36-35-22-7-11-26(19(3)14-22)25-10-6-21(13-18(25)2)33-34-23-8-12-29(39)27(15-23)32(41)42;;/h5-16,30,39H,1-4H3,(H,41,42)(H,43,44,45);;/q;2*+1/p-2. The number of carboxylic acid groups (broad SMARTS) is 1. The van der Waals surface area contributed by atoms with Gasteiger partial charge in [-0.1, -0.05) is 30.0 Å². The van der Waals surface area contributed by atoms with Crippen LogP contribution in [0.1, 0.15) is 34.0 Å². The number of benzene rings is 4. The van der Waals surface area contributed by atoms with Crippen molar-refractivity contribution in [3.63, 3.8) is 0 Å². The normalized spacial score (nSPS) is 14.6. The molecule has 0 bridgehead atoms. The number of hydrazone groups is 1. The van der Waals surface area contributed by atoms with Crippen LogP contribution in [0.2, 0.25) is 0 Å². The molecular weight excluding hydrogens is 658 g/mol. The van der Waals surface area contributed by atoms with E-state index < -0.39 is 39.3 Å². The summed E-state index contributed by atoms with van der Waals surface area (Å²) in [5.41, 5.74) is 5.56. The van der Waals surface area contributed by atoms with Crippen molar-refractivity contribution >= 4 is 50.5 Å². The van der Waals surface area contributed by atoms with E-state index in [0.717, 1.165) is 39.4 Å². The van der Waals surface area contributed by atoms with Crippen LogP contribution < -0.4 is 74.3 Å². The van der Waals surface area contributed by atoms with Gasteiger partial charge in [0.05, 0.1) is 39.3 Å². The average Bonchev–Trinajstić information content (AvgIpc) is 3.27. The fourth-order valence-corrected chi connectivity index (χ4v) is 5.34. The Balaban J connectivity index is 0.00000312. The van der Waals surface area contributed by atoms with Gasteiger partial charge in [-0.05, 0) is 110 Å². The molecule has 48 heavy (non-hydrogen) atoms. The number of amides is 1. The van der Waals surface area contributed by atoms with E-state index in [-0.39, 0.29) is 75.4 Å². The van der Waals surface area contributed by atoms with Crippen molar-refractivity contribution in [2.75, 3.05) is 5.01 Å². The van der Waals surface area contributed by atoms with E-state index in [2.05, 4.69) is 25.6 Å². The quantitative estimate of drug-likeness (QED) is 0.143. The minimum absolute atomic E-state index is 0. The van der Waals surface area contributed by atoms with Crippen LogP contribution in [0.25, 0.3) is 11.1 Å². The Morgan fingerprint density at radius 2 is 1.33 bits per heavy atom. The first-order valence-electron chi connectivity index (χ1n) is 13.8. The minimum atomic E-state index is -4.48. The van der Waals surface area contributed by atoms with Gasteiger partial charge in [0.25, 0.3) is 16.0 Å². The van der Waals surface area contributed by atoms with E-state index in [1.165, 1.54) is 24.3 Å². The van der Waals surface area contributed by atoms with Gasteiger partial charge in [-0.2, -0.15) is 39.0 Å². The zero-order chi connectivity index (χ0) is 33.3. The number of nitrogens with zero attached hydrogens (tertiary/aromatic N) is 6. The van der Waals surface area contributed by atoms with E-state index >= 15 is 0 Å². The summed E-state index contributed by atoms with van der Waals surface area (Å²) in [5.74, 6) is -2.76. The number of anilines is 1. The Kier molecular flexibility index (Phi) is 12.7. The molecule has 5 rings (SSSR count). The molecule has 1 aliphatic rings. The molecule has 16 heteroatoms. The summed E-state index contributed by atoms with van der Waals surface area (Å²) >= 11 is 0. The van der Waals surface area contributed by atoms with Crippen LogP contribution in [0.15, 0.2) is 103 Å². The number of hydrogen-bond donors (Lipinski definition) is 1. The second-order valence-electron chi connectivity index (χ2n) is 10.6. The number of carbonyl (C=O) groups is 2. The van der Waals surface area contributed by atoms with Crippen LogP contribution >= 0.6 is 0 Å². The average molecular weight is 685 g/mol. The van der Waals surface area contributed by atoms with Crippen molar-refractivity contribution in [3.05, 3.63) is 95.1 Å². The summed E-state index contributed by atoms with van der Waals surface area (Å²) < 4.78 is 32.7. The second-order valence-corrected chi connectivity index (χ2v) is 12.0. The molecule has 1 atom stereocenters. The zero-order valence-electron chi connectivity index (χ0n) is 27.0. The van der Waals surface area contributed by atoms with Gasteiger partial charge in [0.1, 0.15) is 0 Å². The number of aromatic carboxylic acids is 1. The largest absolute Gasteiger partial charge is 1.00 e. The summed E-state index contributed by atoms with van der Waals surface area (Å²) in [5, 5.41) is 44.8. The SMILES string of the molecule is CC1=NN(c2cc(S(=O)(=O)O)ccc2C)C(=O)C1N=Nc1ccc(-c2ccc(N=Nc3ccc([O-])c(C(=O)[O-])c3)cc2C)c(C)c1.[Na+].[Na+]. The summed E-state index contributed by atoms with van der Waals surface area (Å²) in [6.45, 7) is 7.13. The Labute approximate surface area is 320 Å². The molecule has 1 N–H and O–H groups in total. The van der Waals surface area contributed by atoms with Crippen molar-refractivity contribution < 1.29 is 91.9 Å². The van der Waals surface area contributed by atoms with Crippen molar-refractivity contribution in [1.82, 2.24) is 0 Å². The van der Waals surface area contributed by atoms with Crippen molar-refractivity contribution in [3.8, 4) is 16.9 Å². The van der Waals surface area contributed by atoms with Gasteiger partial charge in [0.15, 0.2) is 6.04 Å². The van der Waals surface area contributed by atoms with Crippen LogP contribution in [-0.2, 0) is 14.9 Å². The fourth-order valence-electron chi connectivity index (χ4n) is 4.84. The topological polar surface area (TPSA) is 200 Å². The number of azo groups is 2. The van der Waals surface area contributed by atoms with E-state index in [9.17, 15) is 32.8 Å². The van der Waals surface area contributed by atoms with Gasteiger partial charge in [-0.15, -0.1) is 0 Å². The first-order valence-corrected chi connectivity index (χ1v) is 15.2. The predicted molar refractivity (Wildman–Crippen MR) is 166 cm³/mol. The minimum Gasteiger partial charge on any atom is -0.872 e. The maximum absolute atomic E-state index is 13.2. The van der Waals surface area contributed by atoms with Crippen LogP contribution in [0.3, 0.4) is 0 Å². The number of carbonyl (C=O) groups excluding carboxylic acids is 2. The number of rotatable bonds is 8. The summed E-state index contributed by atoms with van der Waals surface area (Å²) in [4.78, 5) is 23.9. The maximum Gasteiger partial charge on any atom is 1.00 e.